The maximum Gasteiger partial charge on any atom is 0.355 e. The van der Waals surface area contributed by atoms with Crippen molar-refractivity contribution in [3.8, 4) is 0 Å². The van der Waals surface area contributed by atoms with Crippen LogP contribution in [-0.4, -0.2) is 23.5 Å². The highest BCUT2D eigenvalue weighted by molar-refractivity contribution is 6.35. The molecular formula is C6H11NO3. The molecule has 0 aromatic heterocycles. The van der Waals surface area contributed by atoms with Crippen molar-refractivity contribution in [2.45, 2.75) is 20.3 Å². The van der Waals surface area contributed by atoms with Gasteiger partial charge in [0.25, 0.3) is 0 Å². The van der Waals surface area contributed by atoms with Gasteiger partial charge in [0, 0.05) is 0 Å². The molecule has 10 heavy (non-hydrogen) atoms. The van der Waals surface area contributed by atoms with Gasteiger partial charge >= 0.3 is 5.97 Å². The number of hydrogen-bond donors (Lipinski definition) is 1. The third-order valence-electron chi connectivity index (χ3n) is 0.883. The fraction of sp³-hybridized carbons (Fsp3) is 0.667. The van der Waals surface area contributed by atoms with E-state index < -0.39 is 5.97 Å². The summed E-state index contributed by atoms with van der Waals surface area (Å²) in [6, 6.07) is 0. The highest BCUT2D eigenvalue weighted by Crippen LogP contribution is 1.85. The normalized spacial score (nSPS) is 11.2. The van der Waals surface area contributed by atoms with Crippen LogP contribution in [0.3, 0.4) is 0 Å². The molecule has 0 radical (unpaired) electrons. The molecule has 0 aliphatic heterocycles. The Bertz CT molecular complexity index is 142. The highest BCUT2D eigenvalue weighted by Gasteiger charge is 2.05. The molecule has 0 heterocycles. The maximum atomic E-state index is 10.6. The van der Waals surface area contributed by atoms with Crippen LogP contribution in [0.1, 0.15) is 20.3 Å². The lowest BCUT2D eigenvalue weighted by molar-refractivity contribution is -0.135. The molecular weight excluding hydrogens is 134 g/mol. The van der Waals surface area contributed by atoms with Crippen molar-refractivity contribution in [1.29, 1.82) is 0 Å². The summed E-state index contributed by atoms with van der Waals surface area (Å²) in [6.45, 7) is 3.64. The molecule has 0 spiro atoms. The van der Waals surface area contributed by atoms with E-state index in [9.17, 15) is 4.79 Å². The average Bonchev–Trinajstić information content (AvgIpc) is 1.98. The smallest absolute Gasteiger partial charge is 0.355 e. The van der Waals surface area contributed by atoms with E-state index in [-0.39, 0.29) is 5.71 Å². The molecule has 0 saturated carbocycles. The van der Waals surface area contributed by atoms with E-state index in [1.807, 2.05) is 6.92 Å². The predicted molar refractivity (Wildman–Crippen MR) is 36.1 cm³/mol. The molecule has 58 valence electrons. The fourth-order valence-electron chi connectivity index (χ4n) is 0.340. The first kappa shape index (κ1) is 8.94. The third-order valence-corrected chi connectivity index (χ3v) is 0.883. The second kappa shape index (κ2) is 4.78. The number of oxime groups is 1. The maximum absolute atomic E-state index is 10.6. The lowest BCUT2D eigenvalue weighted by Gasteiger charge is -1.98. The zero-order valence-electron chi connectivity index (χ0n) is 6.13. The van der Waals surface area contributed by atoms with Crippen molar-refractivity contribution < 1.29 is 14.7 Å². The zero-order chi connectivity index (χ0) is 7.98. The topological polar surface area (TPSA) is 58.9 Å². The first-order chi connectivity index (χ1) is 4.72. The summed E-state index contributed by atoms with van der Waals surface area (Å²) in [7, 11) is 0. The second-order valence-corrected chi connectivity index (χ2v) is 1.82. The van der Waals surface area contributed by atoms with E-state index in [1.165, 1.54) is 6.92 Å². The third kappa shape index (κ3) is 3.06. The summed E-state index contributed by atoms with van der Waals surface area (Å²) in [5.74, 6) is -0.565. The summed E-state index contributed by atoms with van der Waals surface area (Å²) < 4.78 is 4.61. The minimum atomic E-state index is -0.565. The second-order valence-electron chi connectivity index (χ2n) is 1.82. The zero-order valence-corrected chi connectivity index (χ0v) is 6.13. The Morgan fingerprint density at radius 2 is 2.30 bits per heavy atom. The number of carbonyl (C=O) groups excluding carboxylic acids is 1. The van der Waals surface area contributed by atoms with Gasteiger partial charge in [0.1, 0.15) is 0 Å². The molecule has 0 bridgehead atoms. The summed E-state index contributed by atoms with van der Waals surface area (Å²) in [4.78, 5) is 10.6. The summed E-state index contributed by atoms with van der Waals surface area (Å²) >= 11 is 0. The van der Waals surface area contributed by atoms with Crippen LogP contribution < -0.4 is 0 Å². The van der Waals surface area contributed by atoms with Crippen molar-refractivity contribution in [3.05, 3.63) is 0 Å². The Balaban J connectivity index is 3.63. The van der Waals surface area contributed by atoms with Crippen LogP contribution in [0.15, 0.2) is 5.16 Å². The van der Waals surface area contributed by atoms with E-state index in [0.717, 1.165) is 6.42 Å². The molecule has 0 unspecified atom stereocenters. The molecule has 4 heteroatoms. The molecule has 0 aliphatic rings. The van der Waals surface area contributed by atoms with Gasteiger partial charge in [-0.15, -0.1) is 0 Å². The highest BCUT2D eigenvalue weighted by atomic mass is 16.5. The van der Waals surface area contributed by atoms with Crippen molar-refractivity contribution in [2.75, 3.05) is 6.61 Å². The van der Waals surface area contributed by atoms with Crippen molar-refractivity contribution in [3.63, 3.8) is 0 Å². The van der Waals surface area contributed by atoms with Crippen LogP contribution in [0, 0.1) is 0 Å². The minimum Gasteiger partial charge on any atom is -0.461 e. The largest absolute Gasteiger partial charge is 0.461 e. The first-order valence-corrected chi connectivity index (χ1v) is 3.08. The van der Waals surface area contributed by atoms with Gasteiger partial charge in [-0.1, -0.05) is 12.1 Å². The SMILES string of the molecule is CCCOC(=O)C(C)=NO. The van der Waals surface area contributed by atoms with Crippen molar-refractivity contribution >= 4 is 11.7 Å². The summed E-state index contributed by atoms with van der Waals surface area (Å²) in [5.41, 5.74) is -0.0200. The van der Waals surface area contributed by atoms with E-state index in [0.29, 0.717) is 6.61 Å². The van der Waals surface area contributed by atoms with Gasteiger partial charge < -0.3 is 9.94 Å². The summed E-state index contributed by atoms with van der Waals surface area (Å²) in [5, 5.41) is 10.8. The average molecular weight is 145 g/mol. The van der Waals surface area contributed by atoms with Gasteiger partial charge in [-0.05, 0) is 13.3 Å². The number of nitrogens with zero attached hydrogens (tertiary/aromatic N) is 1. The molecule has 0 aliphatic carbocycles. The van der Waals surface area contributed by atoms with Gasteiger partial charge in [0.15, 0.2) is 5.71 Å². The van der Waals surface area contributed by atoms with Gasteiger partial charge in [-0.2, -0.15) is 0 Å². The standard InChI is InChI=1S/C6H11NO3/c1-3-4-10-6(8)5(2)7-9/h9H,3-4H2,1-2H3. The van der Waals surface area contributed by atoms with E-state index in [4.69, 9.17) is 5.21 Å². The Hall–Kier alpha value is -1.06. The fourth-order valence-corrected chi connectivity index (χ4v) is 0.340. The number of hydrogen-bond acceptors (Lipinski definition) is 4. The van der Waals surface area contributed by atoms with Crippen LogP contribution >= 0.6 is 0 Å². The molecule has 4 nitrogen and oxygen atoms in total. The predicted octanol–water partition coefficient (Wildman–Crippen LogP) is 0.790. The number of ether oxygens (including phenoxy) is 1. The van der Waals surface area contributed by atoms with Crippen molar-refractivity contribution in [2.24, 2.45) is 5.16 Å². The Labute approximate surface area is 59.5 Å². The molecule has 0 amide bonds. The molecule has 1 N–H and O–H groups in total. The Morgan fingerprint density at radius 3 is 2.70 bits per heavy atom. The van der Waals surface area contributed by atoms with E-state index in [1.54, 1.807) is 0 Å². The van der Waals surface area contributed by atoms with E-state index in [2.05, 4.69) is 9.89 Å². The summed E-state index contributed by atoms with van der Waals surface area (Å²) in [6.07, 6.45) is 0.768. The molecule has 0 fully saturated rings. The lowest BCUT2D eigenvalue weighted by atomic mass is 10.4. The van der Waals surface area contributed by atoms with Crippen LogP contribution in [0.2, 0.25) is 0 Å². The minimum absolute atomic E-state index is 0.0200. The van der Waals surface area contributed by atoms with Gasteiger partial charge in [0.05, 0.1) is 6.61 Å². The molecule has 0 aromatic carbocycles. The molecule has 0 atom stereocenters. The van der Waals surface area contributed by atoms with Crippen molar-refractivity contribution in [1.82, 2.24) is 0 Å². The first-order valence-electron chi connectivity index (χ1n) is 3.08. The van der Waals surface area contributed by atoms with Crippen LogP contribution in [-0.2, 0) is 9.53 Å². The molecule has 0 rings (SSSR count). The van der Waals surface area contributed by atoms with E-state index >= 15 is 0 Å². The quantitative estimate of drug-likeness (QED) is 0.276. The van der Waals surface area contributed by atoms with Crippen LogP contribution in [0.5, 0.6) is 0 Å². The number of rotatable bonds is 3. The van der Waals surface area contributed by atoms with Crippen LogP contribution in [0.25, 0.3) is 0 Å². The number of carbonyl (C=O) groups is 1. The Kier molecular flexibility index (Phi) is 4.28. The molecule has 0 aromatic rings. The number of esters is 1. The monoisotopic (exact) mass is 145 g/mol. The molecule has 0 saturated heterocycles. The van der Waals surface area contributed by atoms with Crippen LogP contribution in [0.4, 0.5) is 0 Å². The lowest BCUT2D eigenvalue weighted by Crippen LogP contribution is -2.14. The van der Waals surface area contributed by atoms with Gasteiger partial charge in [0.2, 0.25) is 0 Å². The van der Waals surface area contributed by atoms with Gasteiger partial charge in [-0.25, -0.2) is 4.79 Å². The Morgan fingerprint density at radius 1 is 1.70 bits per heavy atom. The van der Waals surface area contributed by atoms with Gasteiger partial charge in [-0.3, -0.25) is 0 Å².